The summed E-state index contributed by atoms with van der Waals surface area (Å²) in [6, 6.07) is 10.0. The fourth-order valence-corrected chi connectivity index (χ4v) is 3.40. The van der Waals surface area contributed by atoms with Crippen LogP contribution in [0.25, 0.3) is 0 Å². The van der Waals surface area contributed by atoms with E-state index in [1.54, 1.807) is 6.20 Å². The van der Waals surface area contributed by atoms with E-state index in [9.17, 15) is 4.79 Å². The van der Waals surface area contributed by atoms with Gasteiger partial charge in [0.25, 0.3) is 0 Å². The Balaban J connectivity index is 1.69. The smallest absolute Gasteiger partial charge is 0.407 e. The van der Waals surface area contributed by atoms with Crippen molar-refractivity contribution < 1.29 is 9.53 Å². The molecule has 0 aliphatic carbocycles. The highest BCUT2D eigenvalue weighted by atomic mass is 16.6. The molecule has 0 saturated carbocycles. The molecule has 1 aliphatic rings. The van der Waals surface area contributed by atoms with E-state index in [1.165, 1.54) is 5.56 Å². The average Bonchev–Trinajstić information content (AvgIpc) is 2.64. The number of nitrogens with one attached hydrogen (secondary N) is 2. The SMILES string of the molecule is Cc1ccc(Nc2nccc(N3CCC[C@@H](NC(=O)OC(C)(C)C)C3)c2N)cc1. The number of pyridine rings is 1. The van der Waals surface area contributed by atoms with Crippen LogP contribution < -0.4 is 21.3 Å². The zero-order chi connectivity index (χ0) is 21.0. The number of benzene rings is 1. The normalized spacial score (nSPS) is 17.0. The number of hydrogen-bond donors (Lipinski definition) is 3. The Bertz CT molecular complexity index is 845. The van der Waals surface area contributed by atoms with Crippen LogP contribution >= 0.6 is 0 Å². The van der Waals surface area contributed by atoms with Gasteiger partial charge in [0.1, 0.15) is 5.60 Å². The largest absolute Gasteiger partial charge is 0.444 e. The molecular formula is C22H31N5O2. The predicted octanol–water partition coefficient (Wildman–Crippen LogP) is 4.21. The third-order valence-corrected chi connectivity index (χ3v) is 4.76. The summed E-state index contributed by atoms with van der Waals surface area (Å²) in [7, 11) is 0. The molecule has 156 valence electrons. The number of nitrogens with zero attached hydrogens (tertiary/aromatic N) is 2. The maximum atomic E-state index is 12.1. The third kappa shape index (κ3) is 5.76. The first-order chi connectivity index (χ1) is 13.7. The van der Waals surface area contributed by atoms with Crippen molar-refractivity contribution in [3.63, 3.8) is 0 Å². The van der Waals surface area contributed by atoms with Gasteiger partial charge in [-0.15, -0.1) is 0 Å². The molecule has 1 saturated heterocycles. The predicted molar refractivity (Wildman–Crippen MR) is 118 cm³/mol. The molecule has 2 aromatic rings. The monoisotopic (exact) mass is 397 g/mol. The van der Waals surface area contributed by atoms with E-state index in [2.05, 4.69) is 27.4 Å². The highest BCUT2D eigenvalue weighted by molar-refractivity contribution is 5.81. The lowest BCUT2D eigenvalue weighted by Crippen LogP contribution is -2.49. The summed E-state index contributed by atoms with van der Waals surface area (Å²) in [6.45, 7) is 9.19. The highest BCUT2D eigenvalue weighted by Crippen LogP contribution is 2.32. The molecule has 1 amide bonds. The van der Waals surface area contributed by atoms with E-state index in [0.717, 1.165) is 30.8 Å². The van der Waals surface area contributed by atoms with Crippen molar-refractivity contribution in [3.8, 4) is 0 Å². The van der Waals surface area contributed by atoms with Crippen molar-refractivity contribution in [2.24, 2.45) is 0 Å². The first-order valence-corrected chi connectivity index (χ1v) is 10.0. The molecule has 0 radical (unpaired) electrons. The molecule has 7 nitrogen and oxygen atoms in total. The van der Waals surface area contributed by atoms with Gasteiger partial charge >= 0.3 is 6.09 Å². The number of carbonyl (C=O) groups is 1. The number of anilines is 4. The topological polar surface area (TPSA) is 92.5 Å². The molecule has 0 spiro atoms. The fraction of sp³-hybridized carbons (Fsp3) is 0.455. The zero-order valence-corrected chi connectivity index (χ0v) is 17.7. The fourth-order valence-electron chi connectivity index (χ4n) is 3.40. The third-order valence-electron chi connectivity index (χ3n) is 4.76. The van der Waals surface area contributed by atoms with Gasteiger partial charge in [-0.3, -0.25) is 0 Å². The first kappa shape index (κ1) is 20.8. The van der Waals surface area contributed by atoms with Gasteiger partial charge in [-0.05, 0) is 58.7 Å². The van der Waals surface area contributed by atoms with E-state index < -0.39 is 5.60 Å². The minimum Gasteiger partial charge on any atom is -0.444 e. The molecule has 1 aliphatic heterocycles. The Hall–Kier alpha value is -2.96. The second kappa shape index (κ2) is 8.59. The van der Waals surface area contributed by atoms with E-state index in [4.69, 9.17) is 10.5 Å². The number of hydrogen-bond acceptors (Lipinski definition) is 6. The second-order valence-electron chi connectivity index (χ2n) is 8.51. The maximum Gasteiger partial charge on any atom is 0.407 e. The number of nitrogens with two attached hydrogens (primary N) is 1. The summed E-state index contributed by atoms with van der Waals surface area (Å²) in [6.07, 6.45) is 3.25. The zero-order valence-electron chi connectivity index (χ0n) is 17.7. The number of rotatable bonds is 4. The first-order valence-electron chi connectivity index (χ1n) is 10.0. The number of nitrogen functional groups attached to an aromatic ring is 1. The number of piperidine rings is 1. The van der Waals surface area contributed by atoms with Gasteiger partial charge in [0.05, 0.1) is 11.4 Å². The van der Waals surface area contributed by atoms with E-state index in [1.807, 2.05) is 51.1 Å². The maximum absolute atomic E-state index is 12.1. The van der Waals surface area contributed by atoms with Crippen molar-refractivity contribution in [1.82, 2.24) is 10.3 Å². The molecule has 7 heteroatoms. The van der Waals surface area contributed by atoms with Gasteiger partial charge in [-0.25, -0.2) is 9.78 Å². The Morgan fingerprint density at radius 3 is 2.66 bits per heavy atom. The van der Waals surface area contributed by atoms with Crippen molar-refractivity contribution >= 4 is 29.0 Å². The van der Waals surface area contributed by atoms with Gasteiger partial charge in [0, 0.05) is 31.0 Å². The van der Waals surface area contributed by atoms with Gasteiger partial charge in [-0.1, -0.05) is 17.7 Å². The highest BCUT2D eigenvalue weighted by Gasteiger charge is 2.25. The van der Waals surface area contributed by atoms with Crippen LogP contribution in [-0.4, -0.2) is 35.8 Å². The molecule has 0 unspecified atom stereocenters. The number of aromatic nitrogens is 1. The number of carbonyl (C=O) groups excluding carboxylic acids is 1. The summed E-state index contributed by atoms with van der Waals surface area (Å²) in [5.41, 5.74) is 9.59. The molecule has 0 bridgehead atoms. The molecule has 2 heterocycles. The summed E-state index contributed by atoms with van der Waals surface area (Å²) < 4.78 is 5.39. The van der Waals surface area contributed by atoms with Crippen LogP contribution in [-0.2, 0) is 4.74 Å². The molecule has 3 rings (SSSR count). The van der Waals surface area contributed by atoms with Gasteiger partial charge < -0.3 is 26.0 Å². The Labute approximate surface area is 172 Å². The molecule has 1 aromatic heterocycles. The van der Waals surface area contributed by atoms with Gasteiger partial charge in [0.2, 0.25) is 0 Å². The van der Waals surface area contributed by atoms with Crippen LogP contribution in [0.4, 0.5) is 27.7 Å². The van der Waals surface area contributed by atoms with Crippen LogP contribution in [0.2, 0.25) is 0 Å². The van der Waals surface area contributed by atoms with E-state index >= 15 is 0 Å². The summed E-state index contributed by atoms with van der Waals surface area (Å²) >= 11 is 0. The lowest BCUT2D eigenvalue weighted by atomic mass is 10.0. The molecule has 29 heavy (non-hydrogen) atoms. The molecule has 1 atom stereocenters. The molecule has 1 aromatic carbocycles. The molecule has 4 N–H and O–H groups in total. The van der Waals surface area contributed by atoms with Crippen molar-refractivity contribution in [1.29, 1.82) is 0 Å². The van der Waals surface area contributed by atoms with Crippen molar-refractivity contribution in [2.45, 2.75) is 52.2 Å². The summed E-state index contributed by atoms with van der Waals surface area (Å²) in [5, 5.41) is 6.27. The number of aryl methyl sites for hydroxylation is 1. The number of ether oxygens (including phenoxy) is 1. The lowest BCUT2D eigenvalue weighted by Gasteiger charge is -2.35. The van der Waals surface area contributed by atoms with E-state index in [-0.39, 0.29) is 12.1 Å². The van der Waals surface area contributed by atoms with Crippen LogP contribution in [0.1, 0.15) is 39.2 Å². The second-order valence-corrected chi connectivity index (χ2v) is 8.51. The minimum atomic E-state index is -0.509. The minimum absolute atomic E-state index is 0.0136. The Morgan fingerprint density at radius 2 is 1.97 bits per heavy atom. The lowest BCUT2D eigenvalue weighted by molar-refractivity contribution is 0.0500. The standard InChI is InChI=1S/C22H31N5O2/c1-15-7-9-16(10-8-15)25-20-19(23)18(11-12-24-20)27-13-5-6-17(14-27)26-21(28)29-22(2,3)4/h7-12,17H,5-6,13-14,23H2,1-4H3,(H,24,25)(H,26,28)/t17-/m1/s1. The van der Waals surface area contributed by atoms with Gasteiger partial charge in [0.15, 0.2) is 5.82 Å². The molecular weight excluding hydrogens is 366 g/mol. The average molecular weight is 398 g/mol. The summed E-state index contributed by atoms with van der Waals surface area (Å²) in [4.78, 5) is 18.7. The molecule has 1 fully saturated rings. The summed E-state index contributed by atoms with van der Waals surface area (Å²) in [5.74, 6) is 0.633. The van der Waals surface area contributed by atoms with E-state index in [0.29, 0.717) is 18.1 Å². The quantitative estimate of drug-likeness (QED) is 0.716. The Kier molecular flexibility index (Phi) is 6.15. The van der Waals surface area contributed by atoms with Crippen LogP contribution in [0.15, 0.2) is 36.5 Å². The van der Waals surface area contributed by atoms with Crippen LogP contribution in [0.3, 0.4) is 0 Å². The van der Waals surface area contributed by atoms with Crippen molar-refractivity contribution in [3.05, 3.63) is 42.1 Å². The Morgan fingerprint density at radius 1 is 1.24 bits per heavy atom. The van der Waals surface area contributed by atoms with Crippen LogP contribution in [0, 0.1) is 6.92 Å². The number of alkyl carbamates (subject to hydrolysis) is 1. The van der Waals surface area contributed by atoms with Crippen LogP contribution in [0.5, 0.6) is 0 Å². The van der Waals surface area contributed by atoms with Crippen molar-refractivity contribution in [2.75, 3.05) is 29.0 Å². The van der Waals surface area contributed by atoms with Gasteiger partial charge in [-0.2, -0.15) is 0 Å². The number of amides is 1.